The van der Waals surface area contributed by atoms with Crippen LogP contribution >= 0.6 is 0 Å². The maximum absolute atomic E-state index is 5.62. The predicted octanol–water partition coefficient (Wildman–Crippen LogP) is 2.59. The highest BCUT2D eigenvalue weighted by molar-refractivity contribution is 4.85. The number of hydrogen-bond acceptors (Lipinski definition) is 4. The molecule has 0 radical (unpaired) electrons. The largest absolute Gasteiger partial charge is 0.355 e. The number of hydrogen-bond donors (Lipinski definition) is 0. The Morgan fingerprint density at radius 2 is 2.00 bits per heavy atom. The lowest BCUT2D eigenvalue weighted by atomic mass is 9.82. The maximum Gasteiger partial charge on any atom is 0.171 e. The van der Waals surface area contributed by atoms with E-state index >= 15 is 0 Å². The van der Waals surface area contributed by atoms with Crippen molar-refractivity contribution in [1.82, 2.24) is 0 Å². The Bertz CT molecular complexity index is 247. The summed E-state index contributed by atoms with van der Waals surface area (Å²) in [6.07, 6.45) is 1.98. The highest BCUT2D eigenvalue weighted by Crippen LogP contribution is 2.38. The summed E-state index contributed by atoms with van der Waals surface area (Å²) in [4.78, 5) is 0. The van der Waals surface area contributed by atoms with Crippen molar-refractivity contribution >= 4 is 0 Å². The minimum absolute atomic E-state index is 0.0236. The highest BCUT2D eigenvalue weighted by Gasteiger charge is 2.40. The summed E-state index contributed by atoms with van der Waals surface area (Å²) < 4.78 is 11.0. The lowest BCUT2D eigenvalue weighted by Crippen LogP contribution is -2.22. The summed E-state index contributed by atoms with van der Waals surface area (Å²) in [5, 5.41) is 8.46. The molecule has 0 aromatic heterocycles. The summed E-state index contributed by atoms with van der Waals surface area (Å²) in [6.45, 7) is 8.17. The molecule has 0 saturated carbocycles. The summed E-state index contributed by atoms with van der Waals surface area (Å²) in [6, 6.07) is 0. The predicted molar refractivity (Wildman–Crippen MR) is 56.5 cm³/mol. The molecule has 0 bridgehead atoms. The fourth-order valence-electron chi connectivity index (χ4n) is 1.89. The number of nitrogens with zero attached hydrogens (tertiary/aromatic N) is 2. The van der Waals surface area contributed by atoms with Gasteiger partial charge < -0.3 is 9.47 Å². The van der Waals surface area contributed by atoms with Crippen LogP contribution in [-0.4, -0.2) is 25.7 Å². The molecule has 3 unspecified atom stereocenters. The van der Waals surface area contributed by atoms with E-state index in [9.17, 15) is 0 Å². The van der Waals surface area contributed by atoms with Crippen molar-refractivity contribution in [3.63, 3.8) is 0 Å². The van der Waals surface area contributed by atoms with Crippen LogP contribution in [0.25, 0.3) is 0 Å². The summed E-state index contributed by atoms with van der Waals surface area (Å²) in [5.41, 5.74) is 0.209. The van der Waals surface area contributed by atoms with Crippen LogP contribution < -0.4 is 0 Å². The average Bonchev–Trinajstić information content (AvgIpc) is 2.76. The lowest BCUT2D eigenvalue weighted by Gasteiger charge is -2.21. The summed E-state index contributed by atoms with van der Waals surface area (Å²) >= 11 is 0. The molecule has 2 fully saturated rings. The zero-order valence-corrected chi connectivity index (χ0v) is 9.77. The van der Waals surface area contributed by atoms with Gasteiger partial charge in [0.1, 0.15) is 0 Å². The Hall–Kier alpha value is -0.480. The molecule has 15 heavy (non-hydrogen) atoms. The van der Waals surface area contributed by atoms with E-state index in [1.807, 2.05) is 0 Å². The first kappa shape index (κ1) is 11.0. The standard InChI is InChI=1S/C11H20N2O2/c1-8-10(15-7-11(8,2)3)13-12-9-5-4-6-14-9/h8-10H,4-7H2,1-3H3. The molecular formula is C11H20N2O2. The van der Waals surface area contributed by atoms with Gasteiger partial charge in [-0.3, -0.25) is 0 Å². The van der Waals surface area contributed by atoms with Gasteiger partial charge in [-0.05, 0) is 18.3 Å². The minimum Gasteiger partial charge on any atom is -0.355 e. The molecule has 2 heterocycles. The van der Waals surface area contributed by atoms with Crippen molar-refractivity contribution in [3.05, 3.63) is 0 Å². The Morgan fingerprint density at radius 1 is 1.20 bits per heavy atom. The van der Waals surface area contributed by atoms with E-state index in [2.05, 4.69) is 31.0 Å². The van der Waals surface area contributed by atoms with Gasteiger partial charge in [-0.15, -0.1) is 0 Å². The molecule has 2 saturated heterocycles. The minimum atomic E-state index is -0.0794. The van der Waals surface area contributed by atoms with Gasteiger partial charge >= 0.3 is 0 Å². The fraction of sp³-hybridized carbons (Fsp3) is 1.00. The van der Waals surface area contributed by atoms with Crippen LogP contribution in [0.15, 0.2) is 10.2 Å². The molecule has 2 aliphatic rings. The van der Waals surface area contributed by atoms with Crippen LogP contribution in [0.3, 0.4) is 0 Å². The first-order chi connectivity index (χ1) is 7.09. The quantitative estimate of drug-likeness (QED) is 0.660. The van der Waals surface area contributed by atoms with Crippen molar-refractivity contribution in [2.75, 3.05) is 13.2 Å². The van der Waals surface area contributed by atoms with E-state index < -0.39 is 0 Å². The van der Waals surface area contributed by atoms with Gasteiger partial charge in [-0.2, -0.15) is 10.2 Å². The Morgan fingerprint density at radius 3 is 2.53 bits per heavy atom. The second-order valence-corrected chi connectivity index (χ2v) is 5.18. The van der Waals surface area contributed by atoms with Crippen molar-refractivity contribution in [3.8, 4) is 0 Å². The van der Waals surface area contributed by atoms with Crippen LogP contribution in [0.5, 0.6) is 0 Å². The van der Waals surface area contributed by atoms with Crippen LogP contribution in [0, 0.1) is 11.3 Å². The third kappa shape index (κ3) is 2.37. The van der Waals surface area contributed by atoms with Crippen LogP contribution in [0.2, 0.25) is 0 Å². The second-order valence-electron chi connectivity index (χ2n) is 5.18. The van der Waals surface area contributed by atoms with Crippen molar-refractivity contribution in [1.29, 1.82) is 0 Å². The first-order valence-electron chi connectivity index (χ1n) is 5.73. The fourth-order valence-corrected chi connectivity index (χ4v) is 1.89. The van der Waals surface area contributed by atoms with Crippen LogP contribution in [-0.2, 0) is 9.47 Å². The van der Waals surface area contributed by atoms with Gasteiger partial charge in [0, 0.05) is 12.5 Å². The molecule has 0 aromatic rings. The van der Waals surface area contributed by atoms with Crippen LogP contribution in [0.4, 0.5) is 0 Å². The zero-order valence-electron chi connectivity index (χ0n) is 9.77. The second kappa shape index (κ2) is 4.18. The van der Waals surface area contributed by atoms with E-state index in [1.165, 1.54) is 0 Å². The molecule has 0 aromatic carbocycles. The maximum atomic E-state index is 5.62. The smallest absolute Gasteiger partial charge is 0.171 e. The van der Waals surface area contributed by atoms with E-state index in [0.717, 1.165) is 26.1 Å². The molecule has 3 atom stereocenters. The third-order valence-corrected chi connectivity index (χ3v) is 3.50. The average molecular weight is 212 g/mol. The summed E-state index contributed by atoms with van der Waals surface area (Å²) in [7, 11) is 0. The number of ether oxygens (including phenoxy) is 2. The van der Waals surface area contributed by atoms with E-state index in [-0.39, 0.29) is 17.9 Å². The van der Waals surface area contributed by atoms with Crippen molar-refractivity contribution in [2.45, 2.75) is 46.1 Å². The molecular weight excluding hydrogens is 192 g/mol. The Labute approximate surface area is 91.1 Å². The molecule has 4 heteroatoms. The first-order valence-corrected chi connectivity index (χ1v) is 5.73. The molecule has 0 spiro atoms. The SMILES string of the molecule is CC1C(N=NC2CCCO2)OCC1(C)C. The monoisotopic (exact) mass is 212 g/mol. The third-order valence-electron chi connectivity index (χ3n) is 3.50. The molecule has 2 aliphatic heterocycles. The van der Waals surface area contributed by atoms with Crippen molar-refractivity contribution in [2.24, 2.45) is 21.6 Å². The van der Waals surface area contributed by atoms with Crippen molar-refractivity contribution < 1.29 is 9.47 Å². The molecule has 0 amide bonds. The van der Waals surface area contributed by atoms with E-state index in [0.29, 0.717) is 5.92 Å². The summed E-state index contributed by atoms with van der Waals surface area (Å²) in [5.74, 6) is 0.419. The molecule has 0 N–H and O–H groups in total. The molecule has 2 rings (SSSR count). The van der Waals surface area contributed by atoms with Gasteiger partial charge in [0.15, 0.2) is 12.5 Å². The zero-order chi connectivity index (χ0) is 10.9. The molecule has 0 aliphatic carbocycles. The number of rotatable bonds is 2. The van der Waals surface area contributed by atoms with Gasteiger partial charge in [0.25, 0.3) is 0 Å². The number of azo groups is 1. The van der Waals surface area contributed by atoms with Gasteiger partial charge in [0.05, 0.1) is 6.61 Å². The normalized spacial score (nSPS) is 40.3. The topological polar surface area (TPSA) is 43.2 Å². The van der Waals surface area contributed by atoms with Crippen LogP contribution in [0.1, 0.15) is 33.6 Å². The Balaban J connectivity index is 1.89. The molecule has 4 nitrogen and oxygen atoms in total. The van der Waals surface area contributed by atoms with Gasteiger partial charge in [0.2, 0.25) is 0 Å². The van der Waals surface area contributed by atoms with Gasteiger partial charge in [-0.25, -0.2) is 0 Å². The lowest BCUT2D eigenvalue weighted by molar-refractivity contribution is 0.0737. The molecule has 86 valence electrons. The van der Waals surface area contributed by atoms with Gasteiger partial charge in [-0.1, -0.05) is 20.8 Å². The highest BCUT2D eigenvalue weighted by atomic mass is 16.5. The Kier molecular flexibility index (Phi) is 3.07. The van der Waals surface area contributed by atoms with E-state index in [4.69, 9.17) is 9.47 Å². The van der Waals surface area contributed by atoms with E-state index in [1.54, 1.807) is 0 Å².